The number of allylic oxidation sites excluding steroid dienone is 1. The Hall–Kier alpha value is -7.33. The van der Waals surface area contributed by atoms with Crippen LogP contribution < -0.4 is 15.5 Å². The van der Waals surface area contributed by atoms with Crippen LogP contribution in [0.4, 0.5) is 5.69 Å². The Balaban J connectivity index is 0.644. The number of nitrogens with one attached hydrogen (secondary N) is 2. The standard InChI is InChI=1S/C81H102ClN9O12S4/c1-55(58-16-18-61(19-17-58)75-56(2)83-54-105-75)84-77(96)70-47-66(92)51-91(70)78(97)76(80(3,4)5)85-73(94)14-11-15-74(95)89-38-40-90(41-39-89)79(98)81(6)32-30-69(59-20-25-64(82)26-21-59)63(49-81)50-87-34-36-88(37-35-87)65-27-22-60(23-28-65)71(93)53-107(101,102)68-29-24-62(72(48-68)106(7,99)100)46-57(31-33-86-42-44-103-45-43-86)52-104-67-12-9-8-10-13-67/h8-10,12-13,16-29,48,54-55,57,66,70,76,92H,11,14-15,30-47,49-53H2,1-7H3,(H,84,96)(H,85,94)/t55-,57-,66+,70-,76+,81?/m0/s1. The molecule has 26 heteroatoms. The number of nitrogens with zero attached hydrogens (tertiary/aromatic N) is 7. The zero-order chi connectivity index (χ0) is 76.4. The second-order valence-corrected chi connectivity index (χ2v) is 37.1. The maximum absolute atomic E-state index is 14.8. The molecule has 574 valence electrons. The molecule has 0 saturated carbocycles. The molecule has 5 aromatic carbocycles. The SMILES string of the molecule is Cc1ncsc1-c1ccc([C@H](C)NC(=O)[C@@H]2C[C@@H](O)CN2C(=O)[C@@H](NC(=O)CCCC(=O)N2CCN(C(=O)C3(C)CCC(c4ccc(Cl)cc4)=C(CN4CCN(c5ccc(C(=O)CS(=O)(=O)c6ccc(C[C@H](CCN7CCOCC7)CSc7ccccc7)c(S(C)(=O)=O)c6)cc5)CC4)C3)CC2)C(C)(C)C)cc1. The largest absolute Gasteiger partial charge is 0.391 e. The van der Waals surface area contributed by atoms with Crippen LogP contribution in [0.2, 0.25) is 5.02 Å². The van der Waals surface area contributed by atoms with Crippen molar-refractivity contribution in [1.82, 2.24) is 40.1 Å². The third-order valence-corrected chi connectivity index (χ3v) is 26.9. The molecule has 0 spiro atoms. The number of rotatable bonds is 28. The van der Waals surface area contributed by atoms with E-state index in [1.807, 2.05) is 124 Å². The average Bonchev–Trinajstić information content (AvgIpc) is 1.77. The summed E-state index contributed by atoms with van der Waals surface area (Å²) >= 11 is 9.67. The van der Waals surface area contributed by atoms with Crippen LogP contribution >= 0.6 is 34.7 Å². The van der Waals surface area contributed by atoms with Crippen LogP contribution in [-0.2, 0) is 54.8 Å². The smallest absolute Gasteiger partial charge is 0.246 e. The van der Waals surface area contributed by atoms with Gasteiger partial charge in [0.2, 0.25) is 29.5 Å². The first kappa shape index (κ1) is 80.7. The molecule has 5 heterocycles. The second-order valence-electron chi connectivity index (χ2n) is 30.7. The van der Waals surface area contributed by atoms with Crippen molar-refractivity contribution < 1.29 is 55.4 Å². The Labute approximate surface area is 644 Å². The number of piperazine rings is 2. The molecular weight excluding hydrogens is 1450 g/mol. The third kappa shape index (κ3) is 21.0. The van der Waals surface area contributed by atoms with Crippen LogP contribution in [0.1, 0.15) is 125 Å². The fraction of sp³-hybridized carbons (Fsp3) is 0.494. The molecular formula is C81H102ClN9O12S4. The lowest BCUT2D eigenvalue weighted by Crippen LogP contribution is -2.57. The van der Waals surface area contributed by atoms with Gasteiger partial charge >= 0.3 is 0 Å². The van der Waals surface area contributed by atoms with E-state index >= 15 is 0 Å². The monoisotopic (exact) mass is 1560 g/mol. The Morgan fingerprint density at radius 2 is 1.47 bits per heavy atom. The van der Waals surface area contributed by atoms with Gasteiger partial charge in [0, 0.05) is 131 Å². The van der Waals surface area contributed by atoms with Crippen LogP contribution in [0.3, 0.4) is 0 Å². The van der Waals surface area contributed by atoms with E-state index in [0.717, 1.165) is 75.9 Å². The van der Waals surface area contributed by atoms with E-state index in [2.05, 4.69) is 49.4 Å². The van der Waals surface area contributed by atoms with Crippen molar-refractivity contribution in [2.24, 2.45) is 16.7 Å². The minimum atomic E-state index is -4.25. The highest BCUT2D eigenvalue weighted by atomic mass is 35.5. The molecule has 3 N–H and O–H groups in total. The molecule has 11 rings (SSSR count). The summed E-state index contributed by atoms with van der Waals surface area (Å²) in [6.45, 7) is 20.0. The molecule has 4 fully saturated rings. The van der Waals surface area contributed by atoms with E-state index in [9.17, 15) is 50.7 Å². The summed E-state index contributed by atoms with van der Waals surface area (Å²) in [6, 6.07) is 34.7. The predicted molar refractivity (Wildman–Crippen MR) is 421 cm³/mol. The van der Waals surface area contributed by atoms with Gasteiger partial charge in [0.1, 0.15) is 17.8 Å². The van der Waals surface area contributed by atoms with Crippen LogP contribution in [0, 0.1) is 23.7 Å². The van der Waals surface area contributed by atoms with Crippen molar-refractivity contribution in [1.29, 1.82) is 0 Å². The number of benzene rings is 5. The second kappa shape index (κ2) is 35.6. The molecule has 6 atom stereocenters. The first-order chi connectivity index (χ1) is 51.0. The summed E-state index contributed by atoms with van der Waals surface area (Å²) < 4.78 is 60.4. The highest BCUT2D eigenvalue weighted by molar-refractivity contribution is 7.99. The van der Waals surface area contributed by atoms with E-state index in [0.29, 0.717) is 108 Å². The number of Topliss-reactive ketones (excluding diaryl/α,β-unsaturated/α-hetero) is 1. The van der Waals surface area contributed by atoms with Crippen molar-refractivity contribution in [3.8, 4) is 10.4 Å². The van der Waals surface area contributed by atoms with Crippen molar-refractivity contribution in [3.05, 3.63) is 165 Å². The first-order valence-electron chi connectivity index (χ1n) is 37.3. The highest BCUT2D eigenvalue weighted by Gasteiger charge is 2.46. The fourth-order valence-electron chi connectivity index (χ4n) is 15.3. The molecule has 1 aliphatic carbocycles. The number of aromatic nitrogens is 1. The van der Waals surface area contributed by atoms with Gasteiger partial charge in [-0.05, 0) is 159 Å². The number of thioether (sulfide) groups is 1. The molecule has 6 aromatic rings. The summed E-state index contributed by atoms with van der Waals surface area (Å²) in [6.07, 6.45) is 3.67. The molecule has 4 aliphatic heterocycles. The minimum Gasteiger partial charge on any atom is -0.391 e. The average molecular weight is 1560 g/mol. The Morgan fingerprint density at radius 3 is 2.12 bits per heavy atom. The Bertz CT molecular complexity index is 4400. The number of thiazole rings is 1. The quantitative estimate of drug-likeness (QED) is 0.0305. The summed E-state index contributed by atoms with van der Waals surface area (Å²) in [5.41, 5.74) is 8.31. The number of amides is 5. The molecule has 107 heavy (non-hydrogen) atoms. The number of anilines is 1. The maximum Gasteiger partial charge on any atom is 0.246 e. The molecule has 5 aliphatic rings. The first-order valence-corrected chi connectivity index (χ1v) is 43.0. The minimum absolute atomic E-state index is 0.0146. The van der Waals surface area contributed by atoms with Gasteiger partial charge < -0.3 is 40.1 Å². The number of sulfone groups is 2. The lowest BCUT2D eigenvalue weighted by Gasteiger charge is -2.43. The van der Waals surface area contributed by atoms with Crippen LogP contribution in [-0.4, -0.2) is 221 Å². The van der Waals surface area contributed by atoms with Crippen molar-refractivity contribution >= 4 is 101 Å². The fourth-order valence-corrected chi connectivity index (χ4v) is 19.6. The van der Waals surface area contributed by atoms with E-state index in [1.54, 1.807) is 46.2 Å². The number of β-amino-alcohol motifs (C(OH)–C–C–N with tert-alkyl or cyclic N) is 1. The summed E-state index contributed by atoms with van der Waals surface area (Å²) in [5.74, 6) is -1.94. The molecule has 5 amide bonds. The number of aliphatic hydroxyl groups excluding tert-OH is 1. The Morgan fingerprint density at radius 1 is 0.794 bits per heavy atom. The summed E-state index contributed by atoms with van der Waals surface area (Å²) in [7, 11) is -8.12. The molecule has 0 radical (unpaired) electrons. The lowest BCUT2D eigenvalue weighted by atomic mass is 9.70. The molecule has 1 aromatic heterocycles. The topological polar surface area (TPSA) is 257 Å². The van der Waals surface area contributed by atoms with Crippen LogP contribution in [0.15, 0.2) is 147 Å². The van der Waals surface area contributed by atoms with Crippen molar-refractivity contribution in [3.63, 3.8) is 0 Å². The van der Waals surface area contributed by atoms with Crippen molar-refractivity contribution in [2.75, 3.05) is 121 Å². The predicted octanol–water partition coefficient (Wildman–Crippen LogP) is 10.5. The summed E-state index contributed by atoms with van der Waals surface area (Å²) in [5, 5.41) is 17.4. The van der Waals surface area contributed by atoms with Gasteiger partial charge in [-0.15, -0.1) is 23.1 Å². The van der Waals surface area contributed by atoms with Crippen LogP contribution in [0.25, 0.3) is 16.0 Å². The zero-order valence-electron chi connectivity index (χ0n) is 62.5. The van der Waals surface area contributed by atoms with Gasteiger partial charge in [0.15, 0.2) is 25.5 Å². The lowest BCUT2D eigenvalue weighted by molar-refractivity contribution is -0.147. The highest BCUT2D eigenvalue weighted by Crippen LogP contribution is 2.45. The zero-order valence-corrected chi connectivity index (χ0v) is 66.5. The van der Waals surface area contributed by atoms with E-state index in [4.69, 9.17) is 16.3 Å². The number of morpholine rings is 1. The number of carbonyl (C=O) groups is 6. The van der Waals surface area contributed by atoms with Crippen molar-refractivity contribution in [2.45, 2.75) is 138 Å². The number of likely N-dealkylation sites (tertiary alicyclic amines) is 1. The number of aliphatic hydroxyl groups is 1. The number of halogens is 1. The van der Waals surface area contributed by atoms with Gasteiger partial charge in [-0.2, -0.15) is 0 Å². The van der Waals surface area contributed by atoms with Gasteiger partial charge in [0.05, 0.1) is 56.6 Å². The van der Waals surface area contributed by atoms with E-state index in [1.165, 1.54) is 28.2 Å². The number of aryl methyl sites for hydroxylation is 1. The van der Waals surface area contributed by atoms with Gasteiger partial charge in [0.25, 0.3) is 0 Å². The number of hydrogen-bond donors (Lipinski definition) is 3. The van der Waals surface area contributed by atoms with Gasteiger partial charge in [-0.25, -0.2) is 21.8 Å². The Kier molecular flexibility index (Phi) is 26.8. The molecule has 21 nitrogen and oxygen atoms in total. The normalized spacial score (nSPS) is 20.2. The van der Waals surface area contributed by atoms with Gasteiger partial charge in [-0.3, -0.25) is 38.6 Å². The van der Waals surface area contributed by atoms with Gasteiger partial charge in [-0.1, -0.05) is 106 Å². The molecule has 1 unspecified atom stereocenters. The maximum atomic E-state index is 14.8. The third-order valence-electron chi connectivity index (χ3n) is 21.6. The number of carbonyl (C=O) groups excluding carboxylic acids is 6. The van der Waals surface area contributed by atoms with E-state index < -0.39 is 77.9 Å². The number of ether oxygens (including phenoxy) is 1. The summed E-state index contributed by atoms with van der Waals surface area (Å²) in [4.78, 5) is 103. The van der Waals surface area contributed by atoms with Crippen LogP contribution in [0.5, 0.6) is 0 Å². The number of hydrogen-bond acceptors (Lipinski definition) is 18. The molecule has 0 bridgehead atoms. The molecule has 4 saturated heterocycles. The van der Waals surface area contributed by atoms with E-state index in [-0.39, 0.29) is 71.4 Å². The number of ketones is 1.